The number of carbonyl (C=O) groups is 1. The molecule has 3 rings (SSSR count). The third kappa shape index (κ3) is 4.86. The molecule has 2 aromatic carbocycles. The number of hydrogen-bond acceptors (Lipinski definition) is 3. The highest BCUT2D eigenvalue weighted by Crippen LogP contribution is 2.20. The van der Waals surface area contributed by atoms with Gasteiger partial charge in [0.25, 0.3) is 5.91 Å². The van der Waals surface area contributed by atoms with Gasteiger partial charge in [0.15, 0.2) is 6.61 Å². The number of nitrogens with zero attached hydrogens (tertiary/aromatic N) is 2. The molecule has 0 bridgehead atoms. The summed E-state index contributed by atoms with van der Waals surface area (Å²) in [5.41, 5.74) is 3.08. The number of aromatic nitrogens is 2. The van der Waals surface area contributed by atoms with Crippen LogP contribution in [0.25, 0.3) is 0 Å². The highest BCUT2D eigenvalue weighted by atomic mass is 35.5. The van der Waals surface area contributed by atoms with Crippen molar-refractivity contribution >= 4 is 17.5 Å². The second-order valence-corrected chi connectivity index (χ2v) is 6.36. The molecule has 0 aliphatic carbocycles. The first-order valence-corrected chi connectivity index (χ1v) is 8.69. The number of ether oxygens (including phenoxy) is 1. The third-order valence-corrected chi connectivity index (χ3v) is 4.41. The smallest absolute Gasteiger partial charge is 0.258 e. The highest BCUT2D eigenvalue weighted by molar-refractivity contribution is 6.31. The second kappa shape index (κ2) is 8.54. The summed E-state index contributed by atoms with van der Waals surface area (Å²) in [7, 11) is 0. The Kier molecular flexibility index (Phi) is 5.92. The van der Waals surface area contributed by atoms with E-state index in [0.717, 1.165) is 16.7 Å². The lowest BCUT2D eigenvalue weighted by molar-refractivity contribution is -0.123. The van der Waals surface area contributed by atoms with E-state index in [1.54, 1.807) is 18.3 Å². The molecule has 0 aliphatic heterocycles. The molecule has 1 N–H and O–H groups in total. The molecule has 3 aromatic rings. The van der Waals surface area contributed by atoms with E-state index >= 15 is 0 Å². The van der Waals surface area contributed by atoms with Gasteiger partial charge in [-0.2, -0.15) is 5.10 Å². The van der Waals surface area contributed by atoms with Crippen LogP contribution in [0.15, 0.2) is 60.9 Å². The van der Waals surface area contributed by atoms with Gasteiger partial charge in [0.2, 0.25) is 0 Å². The first-order valence-electron chi connectivity index (χ1n) is 8.31. The van der Waals surface area contributed by atoms with Gasteiger partial charge in [0.1, 0.15) is 5.75 Å². The van der Waals surface area contributed by atoms with Gasteiger partial charge in [-0.05, 0) is 47.9 Å². The van der Waals surface area contributed by atoms with Crippen LogP contribution in [0.3, 0.4) is 0 Å². The largest absolute Gasteiger partial charge is 0.484 e. The third-order valence-electron chi connectivity index (χ3n) is 3.99. The molecule has 5 nitrogen and oxygen atoms in total. The van der Waals surface area contributed by atoms with Gasteiger partial charge >= 0.3 is 0 Å². The molecule has 134 valence electrons. The maximum absolute atomic E-state index is 12.1. The van der Waals surface area contributed by atoms with E-state index in [1.807, 2.05) is 54.2 Å². The minimum atomic E-state index is -0.175. The number of aryl methyl sites for hydroxylation is 1. The summed E-state index contributed by atoms with van der Waals surface area (Å²) in [6.45, 7) is 2.97. The number of nitrogens with one attached hydrogen (secondary N) is 1. The number of halogens is 1. The lowest BCUT2D eigenvalue weighted by Crippen LogP contribution is -2.28. The molecule has 1 aromatic heterocycles. The average molecular weight is 370 g/mol. The molecule has 0 radical (unpaired) electrons. The second-order valence-electron chi connectivity index (χ2n) is 5.95. The van der Waals surface area contributed by atoms with Gasteiger partial charge in [-0.25, -0.2) is 0 Å². The molecule has 0 saturated carbocycles. The van der Waals surface area contributed by atoms with E-state index in [4.69, 9.17) is 16.3 Å². The van der Waals surface area contributed by atoms with Crippen molar-refractivity contribution < 1.29 is 9.53 Å². The molecule has 0 atom stereocenters. The molecule has 1 heterocycles. The number of hydrogen-bond donors (Lipinski definition) is 1. The van der Waals surface area contributed by atoms with Crippen molar-refractivity contribution in [1.29, 1.82) is 0 Å². The average Bonchev–Trinajstić information content (AvgIpc) is 3.15. The number of carbonyl (C=O) groups excluding carboxylic acids is 1. The zero-order valence-corrected chi connectivity index (χ0v) is 15.2. The molecule has 0 aliphatic rings. The van der Waals surface area contributed by atoms with Crippen molar-refractivity contribution in [3.8, 4) is 5.75 Å². The Labute approximate surface area is 157 Å². The van der Waals surface area contributed by atoms with Crippen LogP contribution < -0.4 is 10.1 Å². The van der Waals surface area contributed by atoms with Crippen molar-refractivity contribution in [3.63, 3.8) is 0 Å². The fourth-order valence-corrected chi connectivity index (χ4v) is 2.67. The van der Waals surface area contributed by atoms with Gasteiger partial charge in [0.05, 0.1) is 6.54 Å². The topological polar surface area (TPSA) is 56.1 Å². The van der Waals surface area contributed by atoms with Crippen molar-refractivity contribution in [2.24, 2.45) is 0 Å². The van der Waals surface area contributed by atoms with E-state index in [2.05, 4.69) is 10.4 Å². The van der Waals surface area contributed by atoms with Crippen molar-refractivity contribution in [1.82, 2.24) is 15.1 Å². The van der Waals surface area contributed by atoms with Crippen LogP contribution in [0, 0.1) is 6.92 Å². The van der Waals surface area contributed by atoms with Crippen LogP contribution in [-0.4, -0.2) is 22.3 Å². The molecule has 0 fully saturated rings. The van der Waals surface area contributed by atoms with Crippen molar-refractivity contribution in [2.75, 3.05) is 6.61 Å². The highest BCUT2D eigenvalue weighted by Gasteiger charge is 2.07. The van der Waals surface area contributed by atoms with Gasteiger partial charge < -0.3 is 10.1 Å². The summed E-state index contributed by atoms with van der Waals surface area (Å²) in [6, 6.07) is 15.2. The Morgan fingerprint density at radius 2 is 2.00 bits per heavy atom. The fourth-order valence-electron chi connectivity index (χ4n) is 2.55. The quantitative estimate of drug-likeness (QED) is 0.692. The Morgan fingerprint density at radius 1 is 1.19 bits per heavy atom. The van der Waals surface area contributed by atoms with Gasteiger partial charge in [0, 0.05) is 24.0 Å². The van der Waals surface area contributed by atoms with E-state index in [9.17, 15) is 4.79 Å². The molecule has 26 heavy (non-hydrogen) atoms. The van der Waals surface area contributed by atoms with Crippen LogP contribution in [0.1, 0.15) is 16.7 Å². The van der Waals surface area contributed by atoms with Gasteiger partial charge in [-0.1, -0.05) is 35.9 Å². The predicted octanol–water partition coefficient (Wildman–Crippen LogP) is 3.59. The van der Waals surface area contributed by atoms with Crippen molar-refractivity contribution in [3.05, 3.63) is 82.6 Å². The normalized spacial score (nSPS) is 10.5. The minimum absolute atomic E-state index is 0.0393. The lowest BCUT2D eigenvalue weighted by Gasteiger charge is -2.12. The first-order chi connectivity index (χ1) is 12.6. The Hall–Kier alpha value is -2.79. The van der Waals surface area contributed by atoms with E-state index in [-0.39, 0.29) is 12.5 Å². The molecule has 0 saturated heterocycles. The summed E-state index contributed by atoms with van der Waals surface area (Å²) in [5.74, 6) is 0.452. The van der Waals surface area contributed by atoms with E-state index < -0.39 is 0 Å². The summed E-state index contributed by atoms with van der Waals surface area (Å²) in [5, 5.41) is 7.80. The van der Waals surface area contributed by atoms with Crippen LogP contribution in [-0.2, 0) is 17.9 Å². The molecular weight excluding hydrogens is 350 g/mol. The van der Waals surface area contributed by atoms with Gasteiger partial charge in [-0.3, -0.25) is 9.48 Å². The van der Waals surface area contributed by atoms with E-state index in [1.165, 1.54) is 0 Å². The molecular formula is C20H20ClN3O2. The standard InChI is InChI=1S/C20H20ClN3O2/c1-15-11-18(7-8-19(15)21)26-14-20(25)22-12-16-5-2-3-6-17(16)13-24-10-4-9-23-24/h2-11H,12-14H2,1H3,(H,22,25). The first kappa shape index (κ1) is 18.0. The lowest BCUT2D eigenvalue weighted by atomic mass is 10.1. The number of amides is 1. The maximum atomic E-state index is 12.1. The summed E-state index contributed by atoms with van der Waals surface area (Å²) < 4.78 is 7.38. The Balaban J connectivity index is 1.53. The Morgan fingerprint density at radius 3 is 2.73 bits per heavy atom. The monoisotopic (exact) mass is 369 g/mol. The molecule has 0 unspecified atom stereocenters. The number of rotatable bonds is 7. The van der Waals surface area contributed by atoms with Crippen LogP contribution in [0.4, 0.5) is 0 Å². The van der Waals surface area contributed by atoms with Crippen LogP contribution in [0.2, 0.25) is 5.02 Å². The maximum Gasteiger partial charge on any atom is 0.258 e. The van der Waals surface area contributed by atoms with Gasteiger partial charge in [-0.15, -0.1) is 0 Å². The molecule has 0 spiro atoms. The summed E-state index contributed by atoms with van der Waals surface area (Å²) in [4.78, 5) is 12.1. The summed E-state index contributed by atoms with van der Waals surface area (Å²) in [6.07, 6.45) is 3.66. The zero-order chi connectivity index (χ0) is 18.4. The fraction of sp³-hybridized carbons (Fsp3) is 0.200. The Bertz CT molecular complexity index is 879. The molecule has 6 heteroatoms. The van der Waals surface area contributed by atoms with Crippen LogP contribution >= 0.6 is 11.6 Å². The molecule has 1 amide bonds. The van der Waals surface area contributed by atoms with Crippen LogP contribution in [0.5, 0.6) is 5.75 Å². The SMILES string of the molecule is Cc1cc(OCC(=O)NCc2ccccc2Cn2cccn2)ccc1Cl. The number of benzene rings is 2. The predicted molar refractivity (Wildman–Crippen MR) is 101 cm³/mol. The minimum Gasteiger partial charge on any atom is -0.484 e. The van der Waals surface area contributed by atoms with E-state index in [0.29, 0.717) is 23.9 Å². The summed E-state index contributed by atoms with van der Waals surface area (Å²) >= 11 is 5.99. The zero-order valence-electron chi connectivity index (χ0n) is 14.5. The van der Waals surface area contributed by atoms with Crippen molar-refractivity contribution in [2.45, 2.75) is 20.0 Å².